The minimum absolute atomic E-state index is 0.196. The molecule has 0 aromatic heterocycles. The van der Waals surface area contributed by atoms with Gasteiger partial charge in [0.2, 0.25) is 10.0 Å². The van der Waals surface area contributed by atoms with E-state index in [0.717, 1.165) is 5.57 Å². The average molecular weight is 297 g/mol. The average Bonchev–Trinajstić information content (AvgIpc) is 2.47. The summed E-state index contributed by atoms with van der Waals surface area (Å²) in [5, 5.41) is 0. The van der Waals surface area contributed by atoms with E-state index in [1.807, 2.05) is 0 Å². The van der Waals surface area contributed by atoms with Crippen LogP contribution < -0.4 is 9.47 Å². The summed E-state index contributed by atoms with van der Waals surface area (Å²) in [6, 6.07) is 4.68. The van der Waals surface area contributed by atoms with Crippen LogP contribution in [0.2, 0.25) is 0 Å². The first kappa shape index (κ1) is 14.9. The number of piperidine rings is 1. The third-order valence-corrected chi connectivity index (χ3v) is 5.27. The fourth-order valence-electron chi connectivity index (χ4n) is 2.12. The Labute approximate surface area is 119 Å². The quantitative estimate of drug-likeness (QED) is 0.798. The lowest BCUT2D eigenvalue weighted by Gasteiger charge is -2.27. The van der Waals surface area contributed by atoms with Crippen molar-refractivity contribution in [2.75, 3.05) is 27.3 Å². The molecule has 6 heteroatoms. The maximum Gasteiger partial charge on any atom is 0.243 e. The molecule has 1 fully saturated rings. The molecule has 1 aliphatic heterocycles. The molecule has 1 saturated heterocycles. The second-order valence-electron chi connectivity index (χ2n) is 4.70. The minimum Gasteiger partial charge on any atom is -0.497 e. The summed E-state index contributed by atoms with van der Waals surface area (Å²) in [5.41, 5.74) is 1.10. The molecule has 110 valence electrons. The van der Waals surface area contributed by atoms with Crippen LogP contribution in [0.25, 0.3) is 0 Å². The third kappa shape index (κ3) is 2.96. The molecule has 0 amide bonds. The molecule has 0 spiro atoms. The van der Waals surface area contributed by atoms with Gasteiger partial charge in [0.1, 0.15) is 11.5 Å². The summed E-state index contributed by atoms with van der Waals surface area (Å²) in [4.78, 5) is 0.196. The van der Waals surface area contributed by atoms with Crippen molar-refractivity contribution in [1.82, 2.24) is 4.31 Å². The summed E-state index contributed by atoms with van der Waals surface area (Å²) < 4.78 is 37.0. The highest BCUT2D eigenvalue weighted by molar-refractivity contribution is 7.89. The first-order chi connectivity index (χ1) is 9.47. The van der Waals surface area contributed by atoms with Crippen LogP contribution in [-0.2, 0) is 10.0 Å². The van der Waals surface area contributed by atoms with Crippen LogP contribution in [0.15, 0.2) is 35.2 Å². The van der Waals surface area contributed by atoms with Crippen molar-refractivity contribution in [3.63, 3.8) is 0 Å². The van der Waals surface area contributed by atoms with Crippen LogP contribution >= 0.6 is 0 Å². The molecule has 0 radical (unpaired) electrons. The smallest absolute Gasteiger partial charge is 0.243 e. The van der Waals surface area contributed by atoms with Gasteiger partial charge in [0.15, 0.2) is 0 Å². The van der Waals surface area contributed by atoms with E-state index in [4.69, 9.17) is 9.47 Å². The highest BCUT2D eigenvalue weighted by atomic mass is 32.2. The first-order valence-electron chi connectivity index (χ1n) is 6.37. The van der Waals surface area contributed by atoms with Crippen molar-refractivity contribution in [3.8, 4) is 11.5 Å². The van der Waals surface area contributed by atoms with Crippen LogP contribution in [0.4, 0.5) is 0 Å². The summed E-state index contributed by atoms with van der Waals surface area (Å²) in [6.07, 6.45) is 1.42. The lowest BCUT2D eigenvalue weighted by atomic mass is 10.1. The first-order valence-corrected chi connectivity index (χ1v) is 7.81. The molecule has 20 heavy (non-hydrogen) atoms. The van der Waals surface area contributed by atoms with E-state index in [1.165, 1.54) is 30.7 Å². The number of benzene rings is 1. The summed E-state index contributed by atoms with van der Waals surface area (Å²) in [6.45, 7) is 4.84. The Morgan fingerprint density at radius 3 is 2.00 bits per heavy atom. The van der Waals surface area contributed by atoms with E-state index in [2.05, 4.69) is 6.58 Å². The van der Waals surface area contributed by atoms with Crippen molar-refractivity contribution in [2.45, 2.75) is 17.7 Å². The summed E-state index contributed by atoms with van der Waals surface area (Å²) in [7, 11) is -0.526. The van der Waals surface area contributed by atoms with E-state index in [1.54, 1.807) is 6.07 Å². The predicted molar refractivity (Wildman–Crippen MR) is 76.7 cm³/mol. The molecule has 1 heterocycles. The second-order valence-corrected chi connectivity index (χ2v) is 6.64. The zero-order valence-electron chi connectivity index (χ0n) is 11.8. The van der Waals surface area contributed by atoms with E-state index >= 15 is 0 Å². The van der Waals surface area contributed by atoms with E-state index in [0.29, 0.717) is 37.4 Å². The lowest BCUT2D eigenvalue weighted by molar-refractivity contribution is 0.381. The van der Waals surface area contributed by atoms with Crippen molar-refractivity contribution in [2.24, 2.45) is 0 Å². The minimum atomic E-state index is -3.52. The maximum absolute atomic E-state index is 12.6. The van der Waals surface area contributed by atoms with Gasteiger partial charge in [-0.3, -0.25) is 0 Å². The maximum atomic E-state index is 12.6. The SMILES string of the molecule is C=C1CCN(S(=O)(=O)c2cc(OC)cc(OC)c2)CC1. The molecule has 2 rings (SSSR count). The molecule has 0 aliphatic carbocycles. The topological polar surface area (TPSA) is 55.8 Å². The zero-order valence-corrected chi connectivity index (χ0v) is 12.6. The number of nitrogens with zero attached hydrogens (tertiary/aromatic N) is 1. The largest absolute Gasteiger partial charge is 0.497 e. The van der Waals surface area contributed by atoms with Crippen LogP contribution in [0.3, 0.4) is 0 Å². The van der Waals surface area contributed by atoms with Gasteiger partial charge >= 0.3 is 0 Å². The Bertz CT molecular complexity index is 577. The van der Waals surface area contributed by atoms with Crippen molar-refractivity contribution < 1.29 is 17.9 Å². The Morgan fingerprint density at radius 1 is 1.05 bits per heavy atom. The normalized spacial score (nSPS) is 17.0. The molecular weight excluding hydrogens is 278 g/mol. The molecular formula is C14H19NO4S. The Morgan fingerprint density at radius 2 is 1.55 bits per heavy atom. The molecule has 0 saturated carbocycles. The third-order valence-electron chi connectivity index (χ3n) is 3.39. The number of methoxy groups -OCH3 is 2. The van der Waals surface area contributed by atoms with Gasteiger partial charge in [-0.25, -0.2) is 8.42 Å². The molecule has 1 aliphatic rings. The standard InChI is InChI=1S/C14H19NO4S/c1-11-4-6-15(7-5-11)20(16,17)14-9-12(18-2)8-13(10-14)19-3/h8-10H,1,4-7H2,2-3H3. The monoisotopic (exact) mass is 297 g/mol. The number of hydrogen-bond donors (Lipinski definition) is 0. The van der Waals surface area contributed by atoms with Crippen molar-refractivity contribution in [1.29, 1.82) is 0 Å². The van der Waals surface area contributed by atoms with Gasteiger partial charge < -0.3 is 9.47 Å². The Balaban J connectivity index is 2.35. The summed E-state index contributed by atoms with van der Waals surface area (Å²) in [5.74, 6) is 0.925. The fourth-order valence-corrected chi connectivity index (χ4v) is 3.61. The predicted octanol–water partition coefficient (Wildman–Crippen LogP) is 2.04. The van der Waals surface area contributed by atoms with Crippen LogP contribution in [0, 0.1) is 0 Å². The van der Waals surface area contributed by atoms with Gasteiger partial charge in [-0.15, -0.1) is 0 Å². The van der Waals surface area contributed by atoms with Crippen LogP contribution in [-0.4, -0.2) is 40.0 Å². The van der Waals surface area contributed by atoms with Crippen molar-refractivity contribution in [3.05, 3.63) is 30.4 Å². The molecule has 0 bridgehead atoms. The number of ether oxygens (including phenoxy) is 2. The molecule has 1 aromatic carbocycles. The van der Waals surface area contributed by atoms with Gasteiger partial charge in [-0.05, 0) is 12.8 Å². The van der Waals surface area contributed by atoms with E-state index < -0.39 is 10.0 Å². The van der Waals surface area contributed by atoms with Gasteiger partial charge in [0.05, 0.1) is 19.1 Å². The molecule has 5 nitrogen and oxygen atoms in total. The van der Waals surface area contributed by atoms with Crippen LogP contribution in [0.5, 0.6) is 11.5 Å². The van der Waals surface area contributed by atoms with E-state index in [-0.39, 0.29) is 4.90 Å². The Kier molecular flexibility index (Phi) is 4.35. The Hall–Kier alpha value is -1.53. The highest BCUT2D eigenvalue weighted by Gasteiger charge is 2.27. The molecule has 0 atom stereocenters. The van der Waals surface area contributed by atoms with Gasteiger partial charge in [0, 0.05) is 31.3 Å². The molecule has 1 aromatic rings. The highest BCUT2D eigenvalue weighted by Crippen LogP contribution is 2.29. The van der Waals surface area contributed by atoms with Gasteiger partial charge in [0.25, 0.3) is 0 Å². The van der Waals surface area contributed by atoms with Gasteiger partial charge in [-0.1, -0.05) is 12.2 Å². The number of hydrogen-bond acceptors (Lipinski definition) is 4. The van der Waals surface area contributed by atoms with Gasteiger partial charge in [-0.2, -0.15) is 4.31 Å². The molecule has 0 unspecified atom stereocenters. The lowest BCUT2D eigenvalue weighted by Crippen LogP contribution is -2.36. The molecule has 0 N–H and O–H groups in total. The number of rotatable bonds is 4. The van der Waals surface area contributed by atoms with E-state index in [9.17, 15) is 8.42 Å². The number of sulfonamides is 1. The van der Waals surface area contributed by atoms with Crippen molar-refractivity contribution >= 4 is 10.0 Å². The van der Waals surface area contributed by atoms with Crippen LogP contribution in [0.1, 0.15) is 12.8 Å². The second kappa shape index (κ2) is 5.85. The summed E-state index contributed by atoms with van der Waals surface area (Å²) >= 11 is 0. The zero-order chi connectivity index (χ0) is 14.8. The fraction of sp³-hybridized carbons (Fsp3) is 0.429.